The number of nitrogens with one attached hydrogen (secondary N) is 1. The first kappa shape index (κ1) is 20.4. The molecule has 0 fully saturated rings. The predicted molar refractivity (Wildman–Crippen MR) is 122 cm³/mol. The normalized spacial score (nSPS) is 12.0. The van der Waals surface area contributed by atoms with Gasteiger partial charge in [-0.2, -0.15) is 5.10 Å². The highest BCUT2D eigenvalue weighted by Crippen LogP contribution is 2.35. The van der Waals surface area contributed by atoms with Gasteiger partial charge in [0.25, 0.3) is 5.91 Å². The summed E-state index contributed by atoms with van der Waals surface area (Å²) >= 11 is 7.28. The van der Waals surface area contributed by atoms with E-state index >= 15 is 0 Å². The number of halogens is 1. The summed E-state index contributed by atoms with van der Waals surface area (Å²) in [5.41, 5.74) is 1.98. The average molecular weight is 468 g/mol. The molecular formula is C23H18ClN3O4S. The van der Waals surface area contributed by atoms with Crippen LogP contribution in [0.5, 0.6) is 17.2 Å². The molecule has 0 atom stereocenters. The van der Waals surface area contributed by atoms with E-state index in [9.17, 15) is 4.79 Å². The summed E-state index contributed by atoms with van der Waals surface area (Å²) < 4.78 is 18.2. The van der Waals surface area contributed by atoms with E-state index in [1.807, 2.05) is 54.0 Å². The minimum atomic E-state index is -0.207. The molecule has 1 aliphatic rings. The zero-order chi connectivity index (χ0) is 21.9. The van der Waals surface area contributed by atoms with Crippen LogP contribution in [0.1, 0.15) is 20.8 Å². The lowest BCUT2D eigenvalue weighted by molar-refractivity contribution is 0.103. The first-order chi connectivity index (χ1) is 15.6. The summed E-state index contributed by atoms with van der Waals surface area (Å²) in [5, 5.41) is 9.85. The van der Waals surface area contributed by atoms with Crippen LogP contribution in [0, 0.1) is 0 Å². The maximum atomic E-state index is 12.6. The average Bonchev–Trinajstić information content (AvgIpc) is 3.54. The van der Waals surface area contributed by atoms with Gasteiger partial charge in [-0.25, -0.2) is 0 Å². The van der Waals surface area contributed by atoms with Crippen molar-refractivity contribution in [3.05, 3.63) is 87.2 Å². The molecule has 1 amide bonds. The summed E-state index contributed by atoms with van der Waals surface area (Å²) in [5.74, 6) is 2.35. The van der Waals surface area contributed by atoms with Crippen LogP contribution in [0.4, 0.5) is 5.82 Å². The van der Waals surface area contributed by atoms with E-state index in [-0.39, 0.29) is 12.7 Å². The van der Waals surface area contributed by atoms with E-state index in [1.165, 1.54) is 11.3 Å². The summed E-state index contributed by atoms with van der Waals surface area (Å²) in [6.45, 7) is 1.16. The molecule has 5 rings (SSSR count). The second kappa shape index (κ2) is 8.94. The molecule has 0 spiro atoms. The van der Waals surface area contributed by atoms with Gasteiger partial charge in [-0.3, -0.25) is 9.48 Å². The molecule has 4 aromatic rings. The Morgan fingerprint density at radius 3 is 2.81 bits per heavy atom. The lowest BCUT2D eigenvalue weighted by atomic mass is 10.2. The lowest BCUT2D eigenvalue weighted by Crippen LogP contribution is -2.11. The van der Waals surface area contributed by atoms with Crippen molar-refractivity contribution >= 4 is 34.7 Å². The van der Waals surface area contributed by atoms with Gasteiger partial charge in [-0.1, -0.05) is 23.7 Å². The molecule has 0 bridgehead atoms. The molecule has 162 valence electrons. The van der Waals surface area contributed by atoms with Gasteiger partial charge in [-0.05, 0) is 41.3 Å². The SMILES string of the molecule is O=C(Nc1ccn(Cc2ccc(Cl)cc2)n1)c1cc(COc2ccc3c(c2)OCO3)cs1. The van der Waals surface area contributed by atoms with Gasteiger partial charge in [0.2, 0.25) is 6.79 Å². The van der Waals surface area contributed by atoms with Gasteiger partial charge in [-0.15, -0.1) is 11.3 Å². The topological polar surface area (TPSA) is 74.6 Å². The van der Waals surface area contributed by atoms with Gasteiger partial charge >= 0.3 is 0 Å². The highest BCUT2D eigenvalue weighted by atomic mass is 35.5. The molecule has 2 aromatic heterocycles. The van der Waals surface area contributed by atoms with Crippen molar-refractivity contribution in [2.24, 2.45) is 0 Å². The van der Waals surface area contributed by atoms with Crippen LogP contribution in [0.2, 0.25) is 5.02 Å². The Balaban J connectivity index is 1.16. The van der Waals surface area contributed by atoms with Crippen LogP contribution in [0.25, 0.3) is 0 Å². The van der Waals surface area contributed by atoms with E-state index in [1.54, 1.807) is 16.8 Å². The van der Waals surface area contributed by atoms with Crippen LogP contribution in [0.15, 0.2) is 66.2 Å². The third kappa shape index (κ3) is 4.71. The maximum Gasteiger partial charge on any atom is 0.266 e. The molecule has 1 N–H and O–H groups in total. The fourth-order valence-corrected chi connectivity index (χ4v) is 4.09. The number of aromatic nitrogens is 2. The second-order valence-corrected chi connectivity index (χ2v) is 8.45. The zero-order valence-corrected chi connectivity index (χ0v) is 18.4. The number of hydrogen-bond donors (Lipinski definition) is 1. The number of carbonyl (C=O) groups is 1. The highest BCUT2D eigenvalue weighted by Gasteiger charge is 2.15. The Hall–Kier alpha value is -3.49. The molecule has 2 aromatic carbocycles. The third-order valence-corrected chi connectivity index (χ3v) is 6.00. The van der Waals surface area contributed by atoms with Gasteiger partial charge < -0.3 is 19.5 Å². The Morgan fingerprint density at radius 1 is 1.09 bits per heavy atom. The minimum absolute atomic E-state index is 0.207. The first-order valence-electron chi connectivity index (χ1n) is 9.81. The van der Waals surface area contributed by atoms with Gasteiger partial charge in [0.1, 0.15) is 12.4 Å². The minimum Gasteiger partial charge on any atom is -0.489 e. The fraction of sp³-hybridized carbons (Fsp3) is 0.130. The number of fused-ring (bicyclic) bond motifs is 1. The van der Waals surface area contributed by atoms with Crippen LogP contribution in [-0.2, 0) is 13.2 Å². The van der Waals surface area contributed by atoms with Gasteiger partial charge in [0, 0.05) is 28.9 Å². The molecule has 3 heterocycles. The molecule has 0 radical (unpaired) electrons. The molecule has 0 unspecified atom stereocenters. The molecule has 32 heavy (non-hydrogen) atoms. The predicted octanol–water partition coefficient (Wildman–Crippen LogP) is 5.21. The number of ether oxygens (including phenoxy) is 3. The maximum absolute atomic E-state index is 12.6. The highest BCUT2D eigenvalue weighted by molar-refractivity contribution is 7.12. The van der Waals surface area contributed by atoms with Crippen molar-refractivity contribution in [1.82, 2.24) is 9.78 Å². The standard InChI is InChI=1S/C23H18ClN3O4S/c24-17-3-1-15(2-4-17)11-27-8-7-22(26-27)25-23(28)21-9-16(13-32-21)12-29-18-5-6-19-20(10-18)31-14-30-19/h1-10,13H,11-12,14H2,(H,25,26,28). The largest absolute Gasteiger partial charge is 0.489 e. The molecule has 1 aliphatic heterocycles. The summed E-state index contributed by atoms with van der Waals surface area (Å²) in [4.78, 5) is 13.2. The number of anilines is 1. The van der Waals surface area contributed by atoms with Crippen molar-refractivity contribution in [2.45, 2.75) is 13.2 Å². The summed E-state index contributed by atoms with van der Waals surface area (Å²) in [6.07, 6.45) is 1.82. The van der Waals surface area contributed by atoms with E-state index in [0.717, 1.165) is 11.1 Å². The molecule has 0 saturated heterocycles. The Morgan fingerprint density at radius 2 is 1.94 bits per heavy atom. The van der Waals surface area contributed by atoms with Gasteiger partial charge in [0.05, 0.1) is 11.4 Å². The fourth-order valence-electron chi connectivity index (χ4n) is 3.17. The molecule has 7 nitrogen and oxygen atoms in total. The van der Waals surface area contributed by atoms with Crippen LogP contribution in [0.3, 0.4) is 0 Å². The van der Waals surface area contributed by atoms with Crippen molar-refractivity contribution < 1.29 is 19.0 Å². The molecular weight excluding hydrogens is 450 g/mol. The number of rotatable bonds is 7. The third-order valence-electron chi connectivity index (χ3n) is 4.77. The van der Waals surface area contributed by atoms with Crippen molar-refractivity contribution in [1.29, 1.82) is 0 Å². The number of benzene rings is 2. The number of hydrogen-bond acceptors (Lipinski definition) is 6. The quantitative estimate of drug-likeness (QED) is 0.404. The van der Waals surface area contributed by atoms with Crippen LogP contribution >= 0.6 is 22.9 Å². The first-order valence-corrected chi connectivity index (χ1v) is 11.1. The number of thiophene rings is 1. The Bertz CT molecular complexity index is 1250. The van der Waals surface area contributed by atoms with Crippen LogP contribution < -0.4 is 19.5 Å². The van der Waals surface area contributed by atoms with Crippen molar-refractivity contribution in [3.63, 3.8) is 0 Å². The number of amides is 1. The second-order valence-electron chi connectivity index (χ2n) is 7.10. The monoisotopic (exact) mass is 467 g/mol. The lowest BCUT2D eigenvalue weighted by Gasteiger charge is -2.05. The van der Waals surface area contributed by atoms with Gasteiger partial charge in [0.15, 0.2) is 17.3 Å². The number of carbonyl (C=O) groups excluding carboxylic acids is 1. The smallest absolute Gasteiger partial charge is 0.266 e. The summed E-state index contributed by atoms with van der Waals surface area (Å²) in [7, 11) is 0. The molecule has 0 saturated carbocycles. The molecule has 9 heteroatoms. The van der Waals surface area contributed by atoms with E-state index in [4.69, 9.17) is 25.8 Å². The zero-order valence-electron chi connectivity index (χ0n) is 16.8. The molecule has 0 aliphatic carbocycles. The van der Waals surface area contributed by atoms with E-state index < -0.39 is 0 Å². The number of nitrogens with zero attached hydrogens (tertiary/aromatic N) is 2. The summed E-state index contributed by atoms with van der Waals surface area (Å²) in [6, 6.07) is 16.6. The Labute approximate surface area is 193 Å². The van der Waals surface area contributed by atoms with Crippen molar-refractivity contribution in [2.75, 3.05) is 12.1 Å². The Kier molecular flexibility index (Phi) is 5.70. The van der Waals surface area contributed by atoms with Crippen LogP contribution in [-0.4, -0.2) is 22.5 Å². The van der Waals surface area contributed by atoms with E-state index in [2.05, 4.69) is 10.4 Å². The van der Waals surface area contributed by atoms with E-state index in [0.29, 0.717) is 46.1 Å². The van der Waals surface area contributed by atoms with Crippen molar-refractivity contribution in [3.8, 4) is 17.2 Å².